The van der Waals surface area contributed by atoms with Gasteiger partial charge in [-0.1, -0.05) is 18.2 Å². The molecule has 0 aliphatic heterocycles. The van der Waals surface area contributed by atoms with Gasteiger partial charge >= 0.3 is 0 Å². The summed E-state index contributed by atoms with van der Waals surface area (Å²) in [6.45, 7) is 3.27. The van der Waals surface area contributed by atoms with Crippen LogP contribution in [0.1, 0.15) is 33.2 Å². The number of benzene rings is 2. The molecule has 0 atom stereocenters. The van der Waals surface area contributed by atoms with Gasteiger partial charge in [0.05, 0.1) is 0 Å². The number of hydrogen-bond acceptors (Lipinski definition) is 3. The third-order valence-corrected chi connectivity index (χ3v) is 3.65. The van der Waals surface area contributed by atoms with E-state index in [1.807, 2.05) is 38.2 Å². The number of carbonyl (C=O) groups excluding carboxylic acids is 2. The topological polar surface area (TPSA) is 70.2 Å². The lowest BCUT2D eigenvalue weighted by molar-refractivity contribution is 0.0955. The maximum atomic E-state index is 12.5. The van der Waals surface area contributed by atoms with Crippen molar-refractivity contribution in [3.63, 3.8) is 0 Å². The van der Waals surface area contributed by atoms with Crippen molar-refractivity contribution in [1.82, 2.24) is 10.6 Å². The summed E-state index contributed by atoms with van der Waals surface area (Å²) in [5.74, 6) is -0.264. The van der Waals surface area contributed by atoms with Crippen molar-refractivity contribution >= 4 is 17.5 Å². The number of anilines is 1. The first-order valence-electron chi connectivity index (χ1n) is 8.07. The van der Waals surface area contributed by atoms with Crippen LogP contribution in [0, 0.1) is 0 Å². The van der Waals surface area contributed by atoms with E-state index in [9.17, 15) is 9.59 Å². The Morgan fingerprint density at radius 2 is 1.67 bits per heavy atom. The molecule has 2 aromatic carbocycles. The maximum absolute atomic E-state index is 12.5. The molecule has 2 rings (SSSR count). The molecule has 0 saturated carbocycles. The van der Waals surface area contributed by atoms with Crippen LogP contribution in [0.25, 0.3) is 0 Å². The highest BCUT2D eigenvalue weighted by atomic mass is 16.2. The number of amides is 2. The van der Waals surface area contributed by atoms with Gasteiger partial charge in [0.1, 0.15) is 0 Å². The highest BCUT2D eigenvalue weighted by molar-refractivity contribution is 6.05. The van der Waals surface area contributed by atoms with Crippen molar-refractivity contribution in [1.29, 1.82) is 0 Å². The predicted octanol–water partition coefficient (Wildman–Crippen LogP) is 2.45. The van der Waals surface area contributed by atoms with E-state index in [1.54, 1.807) is 24.3 Å². The maximum Gasteiger partial charge on any atom is 0.255 e. The number of rotatable bonds is 7. The Hall–Kier alpha value is -2.66. The van der Waals surface area contributed by atoms with E-state index in [0.717, 1.165) is 18.5 Å². The molecule has 0 bridgehead atoms. The average molecular weight is 325 g/mol. The molecular formula is C19H23N3O2. The summed E-state index contributed by atoms with van der Waals surface area (Å²) in [6, 6.07) is 14.4. The van der Waals surface area contributed by atoms with Crippen LogP contribution in [0.2, 0.25) is 0 Å². The number of likely N-dealkylation sites (N-methyl/N-ethyl adjacent to an activating group) is 1. The first-order chi connectivity index (χ1) is 11.7. The van der Waals surface area contributed by atoms with E-state index < -0.39 is 0 Å². The van der Waals surface area contributed by atoms with Gasteiger partial charge in [-0.25, -0.2) is 0 Å². The molecule has 126 valence electrons. The molecule has 0 aromatic heterocycles. The Labute approximate surface area is 142 Å². The highest BCUT2D eigenvalue weighted by Gasteiger charge is 2.11. The van der Waals surface area contributed by atoms with Crippen LogP contribution in [0.5, 0.6) is 0 Å². The van der Waals surface area contributed by atoms with Gasteiger partial charge in [-0.3, -0.25) is 9.59 Å². The largest absolute Gasteiger partial charge is 0.352 e. The minimum atomic E-state index is -0.146. The van der Waals surface area contributed by atoms with Crippen molar-refractivity contribution < 1.29 is 9.59 Å². The van der Waals surface area contributed by atoms with Crippen LogP contribution in [0.15, 0.2) is 48.5 Å². The van der Waals surface area contributed by atoms with Gasteiger partial charge in [-0.2, -0.15) is 0 Å². The summed E-state index contributed by atoms with van der Waals surface area (Å²) in [7, 11) is 1.89. The van der Waals surface area contributed by atoms with Crippen LogP contribution in [-0.4, -0.2) is 32.0 Å². The second-order valence-electron chi connectivity index (χ2n) is 5.40. The van der Waals surface area contributed by atoms with Crippen molar-refractivity contribution in [2.75, 3.05) is 25.5 Å². The summed E-state index contributed by atoms with van der Waals surface area (Å²) in [6.07, 6.45) is 0.788. The van der Waals surface area contributed by atoms with Crippen LogP contribution in [0.4, 0.5) is 5.69 Å². The van der Waals surface area contributed by atoms with E-state index in [4.69, 9.17) is 0 Å². The zero-order chi connectivity index (χ0) is 17.4. The second kappa shape index (κ2) is 8.84. The van der Waals surface area contributed by atoms with Crippen LogP contribution in [-0.2, 0) is 6.42 Å². The predicted molar refractivity (Wildman–Crippen MR) is 96.5 cm³/mol. The van der Waals surface area contributed by atoms with Crippen molar-refractivity contribution in [2.45, 2.75) is 13.3 Å². The molecule has 0 saturated heterocycles. The molecule has 0 spiro atoms. The highest BCUT2D eigenvalue weighted by Crippen LogP contribution is 2.14. The van der Waals surface area contributed by atoms with E-state index in [-0.39, 0.29) is 11.8 Å². The SMILES string of the molecule is CCNC(=O)c1ccc(NC(=O)c2ccccc2CCNC)cc1. The Morgan fingerprint density at radius 1 is 0.958 bits per heavy atom. The van der Waals surface area contributed by atoms with Gasteiger partial charge in [0.25, 0.3) is 11.8 Å². The van der Waals surface area contributed by atoms with Gasteiger partial charge in [-0.05, 0) is 62.8 Å². The molecule has 2 aromatic rings. The number of hydrogen-bond donors (Lipinski definition) is 3. The fourth-order valence-corrected chi connectivity index (χ4v) is 2.39. The lowest BCUT2D eigenvalue weighted by Crippen LogP contribution is -2.22. The van der Waals surface area contributed by atoms with Gasteiger partial charge in [0.15, 0.2) is 0 Å². The molecule has 24 heavy (non-hydrogen) atoms. The summed E-state index contributed by atoms with van der Waals surface area (Å²) >= 11 is 0. The number of carbonyl (C=O) groups is 2. The fourth-order valence-electron chi connectivity index (χ4n) is 2.39. The third-order valence-electron chi connectivity index (χ3n) is 3.65. The van der Waals surface area contributed by atoms with E-state index in [0.29, 0.717) is 23.4 Å². The Bertz CT molecular complexity index is 696. The van der Waals surface area contributed by atoms with Gasteiger partial charge < -0.3 is 16.0 Å². The first kappa shape index (κ1) is 17.7. The summed E-state index contributed by atoms with van der Waals surface area (Å²) in [5.41, 5.74) is 2.91. The number of nitrogens with one attached hydrogen (secondary N) is 3. The third kappa shape index (κ3) is 4.67. The van der Waals surface area contributed by atoms with Gasteiger partial charge in [0, 0.05) is 23.4 Å². The Balaban J connectivity index is 2.08. The lowest BCUT2D eigenvalue weighted by atomic mass is 10.0. The Morgan fingerprint density at radius 3 is 2.33 bits per heavy atom. The molecule has 0 aliphatic carbocycles. The van der Waals surface area contributed by atoms with E-state index in [2.05, 4.69) is 16.0 Å². The van der Waals surface area contributed by atoms with Crippen LogP contribution in [0.3, 0.4) is 0 Å². The molecule has 0 fully saturated rings. The molecule has 0 aliphatic rings. The summed E-state index contributed by atoms with van der Waals surface area (Å²) < 4.78 is 0. The quantitative estimate of drug-likeness (QED) is 0.732. The normalized spacial score (nSPS) is 10.2. The van der Waals surface area contributed by atoms with Crippen LogP contribution >= 0.6 is 0 Å². The summed E-state index contributed by atoms with van der Waals surface area (Å²) in [5, 5.41) is 8.71. The molecule has 0 radical (unpaired) electrons. The molecule has 5 heteroatoms. The fraction of sp³-hybridized carbons (Fsp3) is 0.263. The molecular weight excluding hydrogens is 302 g/mol. The van der Waals surface area contributed by atoms with E-state index >= 15 is 0 Å². The molecule has 2 amide bonds. The Kier molecular flexibility index (Phi) is 6.51. The minimum absolute atomic E-state index is 0.118. The van der Waals surface area contributed by atoms with Gasteiger partial charge in [-0.15, -0.1) is 0 Å². The standard InChI is InChI=1S/C19H23N3O2/c1-3-21-18(23)15-8-10-16(11-9-15)22-19(24)17-7-5-4-6-14(17)12-13-20-2/h4-11,20H,3,12-13H2,1-2H3,(H,21,23)(H,22,24). The molecule has 0 unspecified atom stereocenters. The van der Waals surface area contributed by atoms with Crippen LogP contribution < -0.4 is 16.0 Å². The average Bonchev–Trinajstić information content (AvgIpc) is 2.61. The van der Waals surface area contributed by atoms with Crippen molar-refractivity contribution in [3.05, 3.63) is 65.2 Å². The second-order valence-corrected chi connectivity index (χ2v) is 5.40. The molecule has 0 heterocycles. The smallest absolute Gasteiger partial charge is 0.255 e. The lowest BCUT2D eigenvalue weighted by Gasteiger charge is -2.10. The zero-order valence-corrected chi connectivity index (χ0v) is 14.1. The monoisotopic (exact) mass is 325 g/mol. The van der Waals surface area contributed by atoms with Gasteiger partial charge in [0.2, 0.25) is 0 Å². The molecule has 5 nitrogen and oxygen atoms in total. The van der Waals surface area contributed by atoms with E-state index in [1.165, 1.54) is 0 Å². The first-order valence-corrected chi connectivity index (χ1v) is 8.07. The summed E-state index contributed by atoms with van der Waals surface area (Å²) in [4.78, 5) is 24.2. The van der Waals surface area contributed by atoms with Crippen molar-refractivity contribution in [2.24, 2.45) is 0 Å². The molecule has 3 N–H and O–H groups in total. The minimum Gasteiger partial charge on any atom is -0.352 e. The van der Waals surface area contributed by atoms with Crippen molar-refractivity contribution in [3.8, 4) is 0 Å². The zero-order valence-electron chi connectivity index (χ0n) is 14.1.